The van der Waals surface area contributed by atoms with Crippen LogP contribution in [0.5, 0.6) is 11.5 Å². The third-order valence-corrected chi connectivity index (χ3v) is 3.76. The summed E-state index contributed by atoms with van der Waals surface area (Å²) in [4.78, 5) is 34.5. The van der Waals surface area contributed by atoms with Gasteiger partial charge < -0.3 is 25.3 Å². The molecule has 0 saturated carbocycles. The molecule has 1 aliphatic rings. The first kappa shape index (κ1) is 18.0. The number of hydrogen-bond donors (Lipinski definition) is 2. The summed E-state index contributed by atoms with van der Waals surface area (Å²) in [5, 5.41) is 13.3. The van der Waals surface area contributed by atoms with Gasteiger partial charge in [-0.25, -0.2) is 4.79 Å². The fourth-order valence-electron chi connectivity index (χ4n) is 2.35. The number of ether oxygens (including phenoxy) is 3. The van der Waals surface area contributed by atoms with Gasteiger partial charge >= 0.3 is 5.97 Å². The molecule has 1 unspecified atom stereocenters. The highest BCUT2D eigenvalue weighted by Crippen LogP contribution is 2.34. The number of nitro groups is 1. The van der Waals surface area contributed by atoms with Crippen molar-refractivity contribution in [3.8, 4) is 11.5 Å². The number of carbonyl (C=O) groups is 2. The van der Waals surface area contributed by atoms with E-state index in [1.54, 1.807) is 18.2 Å². The molecule has 27 heavy (non-hydrogen) atoms. The first-order valence-electron chi connectivity index (χ1n) is 7.80. The molecule has 3 rings (SSSR count). The minimum absolute atomic E-state index is 0.0664. The molecule has 10 nitrogen and oxygen atoms in total. The van der Waals surface area contributed by atoms with E-state index in [0.717, 1.165) is 12.1 Å². The van der Waals surface area contributed by atoms with E-state index < -0.39 is 22.9 Å². The van der Waals surface area contributed by atoms with Gasteiger partial charge in [-0.1, -0.05) is 0 Å². The number of anilines is 2. The smallest absolute Gasteiger partial charge is 0.341 e. The van der Waals surface area contributed by atoms with Crippen molar-refractivity contribution in [3.05, 3.63) is 52.1 Å². The average molecular weight is 373 g/mol. The maximum atomic E-state index is 12.2. The Morgan fingerprint density at radius 2 is 1.96 bits per heavy atom. The third kappa shape index (κ3) is 3.89. The molecule has 2 aromatic rings. The Kier molecular flexibility index (Phi) is 4.79. The predicted molar refractivity (Wildman–Crippen MR) is 93.6 cm³/mol. The number of nitrogens with zero attached hydrogens (tertiary/aromatic N) is 1. The third-order valence-electron chi connectivity index (χ3n) is 3.76. The molecular weight excluding hydrogens is 358 g/mol. The summed E-state index contributed by atoms with van der Waals surface area (Å²) in [7, 11) is 0. The molecule has 1 amide bonds. The number of amides is 1. The van der Waals surface area contributed by atoms with Crippen molar-refractivity contribution in [2.45, 2.75) is 13.0 Å². The van der Waals surface area contributed by atoms with Crippen LogP contribution in [0, 0.1) is 10.1 Å². The second kappa shape index (κ2) is 7.20. The van der Waals surface area contributed by atoms with Gasteiger partial charge in [0, 0.05) is 23.9 Å². The van der Waals surface area contributed by atoms with Crippen molar-refractivity contribution < 1.29 is 28.7 Å². The van der Waals surface area contributed by atoms with E-state index in [9.17, 15) is 19.7 Å². The summed E-state index contributed by atoms with van der Waals surface area (Å²) in [5.41, 5.74) is 5.67. The van der Waals surface area contributed by atoms with E-state index in [4.69, 9.17) is 19.9 Å². The second-order valence-corrected chi connectivity index (χ2v) is 5.63. The Labute approximate surface area is 153 Å². The molecule has 1 atom stereocenters. The van der Waals surface area contributed by atoms with Crippen LogP contribution in [0.25, 0.3) is 0 Å². The highest BCUT2D eigenvalue weighted by Gasteiger charge is 2.22. The molecule has 0 spiro atoms. The molecule has 0 saturated heterocycles. The molecule has 3 N–H and O–H groups in total. The lowest BCUT2D eigenvalue weighted by Crippen LogP contribution is -2.30. The van der Waals surface area contributed by atoms with E-state index in [0.29, 0.717) is 17.2 Å². The minimum atomic E-state index is -1.13. The maximum absolute atomic E-state index is 12.2. The normalized spacial score (nSPS) is 12.9. The summed E-state index contributed by atoms with van der Waals surface area (Å²) in [5.74, 6) is -0.365. The molecule has 1 aliphatic heterocycles. The van der Waals surface area contributed by atoms with Gasteiger partial charge in [-0.05, 0) is 25.1 Å². The molecular formula is C17H15N3O7. The minimum Gasteiger partial charge on any atom is -0.454 e. The van der Waals surface area contributed by atoms with Gasteiger partial charge in [-0.2, -0.15) is 0 Å². The molecule has 140 valence electrons. The number of nitrogens with one attached hydrogen (secondary N) is 1. The van der Waals surface area contributed by atoms with Crippen LogP contribution < -0.4 is 20.5 Å². The van der Waals surface area contributed by atoms with Crippen LogP contribution in [-0.2, 0) is 9.53 Å². The van der Waals surface area contributed by atoms with Crippen LogP contribution in [-0.4, -0.2) is 29.7 Å². The summed E-state index contributed by atoms with van der Waals surface area (Å²) < 4.78 is 15.5. The Morgan fingerprint density at radius 3 is 2.67 bits per heavy atom. The molecule has 10 heteroatoms. The van der Waals surface area contributed by atoms with Gasteiger partial charge in [-0.15, -0.1) is 0 Å². The van der Waals surface area contributed by atoms with Crippen LogP contribution in [0.2, 0.25) is 0 Å². The highest BCUT2D eigenvalue weighted by atomic mass is 16.7. The van der Waals surface area contributed by atoms with Crippen LogP contribution >= 0.6 is 0 Å². The van der Waals surface area contributed by atoms with Crippen molar-refractivity contribution in [1.29, 1.82) is 0 Å². The number of non-ortho nitro benzene ring substituents is 1. The fourth-order valence-corrected chi connectivity index (χ4v) is 2.35. The van der Waals surface area contributed by atoms with Crippen molar-refractivity contribution in [1.82, 2.24) is 0 Å². The van der Waals surface area contributed by atoms with E-state index in [2.05, 4.69) is 5.32 Å². The Bertz CT molecular complexity index is 929. The van der Waals surface area contributed by atoms with Crippen molar-refractivity contribution >= 4 is 28.9 Å². The van der Waals surface area contributed by atoms with E-state index >= 15 is 0 Å². The maximum Gasteiger partial charge on any atom is 0.341 e. The average Bonchev–Trinajstić information content (AvgIpc) is 3.09. The number of rotatable bonds is 5. The molecule has 0 aliphatic carbocycles. The number of hydrogen-bond acceptors (Lipinski definition) is 8. The lowest BCUT2D eigenvalue weighted by Gasteiger charge is -2.14. The fraction of sp³-hybridized carbons (Fsp3) is 0.176. The molecule has 0 fully saturated rings. The van der Waals surface area contributed by atoms with Crippen LogP contribution in [0.15, 0.2) is 36.4 Å². The van der Waals surface area contributed by atoms with Gasteiger partial charge in [-0.3, -0.25) is 14.9 Å². The molecule has 0 bridgehead atoms. The Hall–Kier alpha value is -3.82. The van der Waals surface area contributed by atoms with Gasteiger partial charge in [0.1, 0.15) is 0 Å². The van der Waals surface area contributed by atoms with Crippen molar-refractivity contribution in [2.75, 3.05) is 17.8 Å². The zero-order valence-electron chi connectivity index (χ0n) is 14.1. The summed E-state index contributed by atoms with van der Waals surface area (Å²) in [6.07, 6.45) is -1.13. The van der Waals surface area contributed by atoms with E-state index in [1.807, 2.05) is 0 Å². The lowest BCUT2D eigenvalue weighted by molar-refractivity contribution is -0.384. The SMILES string of the molecule is CC(OC(=O)c1ccc([N+](=O)[O-])cc1N)C(=O)Nc1ccc2c(c1)OCO2. The summed E-state index contributed by atoms with van der Waals surface area (Å²) in [6.45, 7) is 1.50. The van der Waals surface area contributed by atoms with Crippen LogP contribution in [0.4, 0.5) is 17.1 Å². The Morgan fingerprint density at radius 1 is 1.22 bits per heavy atom. The van der Waals surface area contributed by atoms with Gasteiger partial charge in [0.05, 0.1) is 16.2 Å². The molecule has 1 heterocycles. The number of nitrogen functional groups attached to an aromatic ring is 1. The number of nitro benzene ring substituents is 1. The highest BCUT2D eigenvalue weighted by molar-refractivity contribution is 5.99. The zero-order chi connectivity index (χ0) is 19.6. The van der Waals surface area contributed by atoms with Gasteiger partial charge in [0.25, 0.3) is 11.6 Å². The predicted octanol–water partition coefficient (Wildman–Crippen LogP) is 2.09. The van der Waals surface area contributed by atoms with Crippen molar-refractivity contribution in [2.24, 2.45) is 0 Å². The first-order valence-corrected chi connectivity index (χ1v) is 7.80. The zero-order valence-corrected chi connectivity index (χ0v) is 14.1. The number of carbonyl (C=O) groups excluding carboxylic acids is 2. The first-order chi connectivity index (χ1) is 12.8. The standard InChI is InChI=1S/C17H15N3O7/c1-9(16(21)19-10-2-5-14-15(6-10)26-8-25-14)27-17(22)12-4-3-11(20(23)24)7-13(12)18/h2-7,9H,8,18H2,1H3,(H,19,21). The number of benzene rings is 2. The molecule has 2 aromatic carbocycles. The topological polar surface area (TPSA) is 143 Å². The number of esters is 1. The van der Waals surface area contributed by atoms with Crippen molar-refractivity contribution in [3.63, 3.8) is 0 Å². The number of fused-ring (bicyclic) bond motifs is 1. The largest absolute Gasteiger partial charge is 0.454 e. The molecule has 0 aromatic heterocycles. The quantitative estimate of drug-likeness (QED) is 0.351. The second-order valence-electron chi connectivity index (χ2n) is 5.63. The van der Waals surface area contributed by atoms with Crippen LogP contribution in [0.3, 0.4) is 0 Å². The van der Waals surface area contributed by atoms with Gasteiger partial charge in [0.15, 0.2) is 17.6 Å². The summed E-state index contributed by atoms with van der Waals surface area (Å²) >= 11 is 0. The lowest BCUT2D eigenvalue weighted by atomic mass is 10.1. The van der Waals surface area contributed by atoms with Gasteiger partial charge in [0.2, 0.25) is 6.79 Å². The monoisotopic (exact) mass is 373 g/mol. The Balaban J connectivity index is 1.64. The van der Waals surface area contributed by atoms with E-state index in [-0.39, 0.29) is 23.7 Å². The number of nitrogens with two attached hydrogens (primary N) is 1. The van der Waals surface area contributed by atoms with E-state index in [1.165, 1.54) is 13.0 Å². The van der Waals surface area contributed by atoms with Crippen LogP contribution in [0.1, 0.15) is 17.3 Å². The molecule has 0 radical (unpaired) electrons. The summed E-state index contributed by atoms with van der Waals surface area (Å²) in [6, 6.07) is 8.21.